The van der Waals surface area contributed by atoms with Crippen molar-refractivity contribution in [2.45, 2.75) is 32.4 Å². The van der Waals surface area contributed by atoms with Crippen molar-refractivity contribution in [3.8, 4) is 0 Å². The van der Waals surface area contributed by atoms with Crippen LogP contribution >= 0.6 is 0 Å². The number of aromatic amines is 1. The molecule has 1 aliphatic heterocycles. The molecule has 0 unspecified atom stereocenters. The summed E-state index contributed by atoms with van der Waals surface area (Å²) in [6.07, 6.45) is 4.49. The normalized spacial score (nSPS) is 16.2. The van der Waals surface area contributed by atoms with E-state index in [4.69, 9.17) is 0 Å². The third-order valence-electron chi connectivity index (χ3n) is 4.77. The van der Waals surface area contributed by atoms with Crippen molar-refractivity contribution in [3.05, 3.63) is 76.0 Å². The molecule has 138 valence electrons. The summed E-state index contributed by atoms with van der Waals surface area (Å²) in [6.45, 7) is 2.83. The van der Waals surface area contributed by atoms with Crippen LogP contribution in [0.4, 0.5) is 0 Å². The van der Waals surface area contributed by atoms with Crippen molar-refractivity contribution in [2.24, 2.45) is 0 Å². The topological polar surface area (TPSA) is 96.8 Å². The monoisotopic (exact) mass is 364 g/mol. The van der Waals surface area contributed by atoms with Crippen molar-refractivity contribution in [2.75, 3.05) is 6.54 Å². The van der Waals surface area contributed by atoms with Gasteiger partial charge in [0.05, 0.1) is 12.6 Å². The molecule has 3 heterocycles. The average molecular weight is 364 g/mol. The highest BCUT2D eigenvalue weighted by Gasteiger charge is 2.30. The van der Waals surface area contributed by atoms with Crippen molar-refractivity contribution in [1.82, 2.24) is 29.6 Å². The molecule has 1 aromatic carbocycles. The van der Waals surface area contributed by atoms with Crippen molar-refractivity contribution in [3.63, 3.8) is 0 Å². The van der Waals surface area contributed by atoms with Gasteiger partial charge < -0.3 is 14.5 Å². The van der Waals surface area contributed by atoms with E-state index < -0.39 is 5.56 Å². The van der Waals surface area contributed by atoms with E-state index in [1.54, 1.807) is 4.90 Å². The highest BCUT2D eigenvalue weighted by molar-refractivity contribution is 5.91. The molecule has 1 N–H and O–H groups in total. The highest BCUT2D eigenvalue weighted by Crippen LogP contribution is 2.23. The number of benzene rings is 1. The number of carbonyl (C=O) groups is 1. The van der Waals surface area contributed by atoms with Crippen LogP contribution in [-0.2, 0) is 19.4 Å². The Morgan fingerprint density at radius 2 is 2.04 bits per heavy atom. The number of carbonyl (C=O) groups excluding carboxylic acids is 1. The number of nitrogens with zero attached hydrogens (tertiary/aromatic N) is 5. The van der Waals surface area contributed by atoms with E-state index in [0.717, 1.165) is 24.5 Å². The van der Waals surface area contributed by atoms with E-state index in [-0.39, 0.29) is 17.6 Å². The lowest BCUT2D eigenvalue weighted by Gasteiger charge is -2.32. The maximum absolute atomic E-state index is 12.7. The van der Waals surface area contributed by atoms with Crippen molar-refractivity contribution in [1.29, 1.82) is 0 Å². The maximum Gasteiger partial charge on any atom is 0.279 e. The summed E-state index contributed by atoms with van der Waals surface area (Å²) in [5.74, 6) is 1.27. The molecule has 1 aliphatic rings. The molecule has 1 atom stereocenters. The van der Waals surface area contributed by atoms with Gasteiger partial charge in [0.1, 0.15) is 5.82 Å². The minimum atomic E-state index is -0.481. The second kappa shape index (κ2) is 7.14. The van der Waals surface area contributed by atoms with Crippen LogP contribution in [-0.4, -0.2) is 42.1 Å². The fraction of sp³-hybridized carbons (Fsp3) is 0.316. The van der Waals surface area contributed by atoms with Gasteiger partial charge in [-0.25, -0.2) is 4.98 Å². The van der Waals surface area contributed by atoms with Gasteiger partial charge in [0.25, 0.3) is 11.5 Å². The lowest BCUT2D eigenvalue weighted by Crippen LogP contribution is -2.42. The Morgan fingerprint density at radius 1 is 1.22 bits per heavy atom. The van der Waals surface area contributed by atoms with Gasteiger partial charge in [0, 0.05) is 25.4 Å². The van der Waals surface area contributed by atoms with Crippen LogP contribution in [0.25, 0.3) is 0 Å². The molecule has 27 heavy (non-hydrogen) atoms. The predicted molar refractivity (Wildman–Crippen MR) is 98.2 cm³/mol. The Labute approximate surface area is 155 Å². The predicted octanol–water partition coefficient (Wildman–Crippen LogP) is 1.36. The Morgan fingerprint density at radius 3 is 2.81 bits per heavy atom. The summed E-state index contributed by atoms with van der Waals surface area (Å²) in [5.41, 5.74) is 0.678. The zero-order chi connectivity index (χ0) is 18.8. The summed E-state index contributed by atoms with van der Waals surface area (Å²) in [5, 5.41) is 8.62. The molecular formula is C19H20N6O2. The van der Waals surface area contributed by atoms with Crippen LogP contribution in [0.15, 0.2) is 47.5 Å². The summed E-state index contributed by atoms with van der Waals surface area (Å²) in [4.78, 5) is 32.6. The second-order valence-electron chi connectivity index (χ2n) is 6.69. The summed E-state index contributed by atoms with van der Waals surface area (Å²) >= 11 is 0. The zero-order valence-corrected chi connectivity index (χ0v) is 15.0. The smallest absolute Gasteiger partial charge is 0.279 e. The number of aryl methyl sites for hydroxylation is 2. The quantitative estimate of drug-likeness (QED) is 0.754. The molecule has 1 amide bonds. The van der Waals surface area contributed by atoms with Crippen LogP contribution < -0.4 is 5.56 Å². The first-order valence-corrected chi connectivity index (χ1v) is 8.93. The van der Waals surface area contributed by atoms with Gasteiger partial charge in [-0.2, -0.15) is 0 Å². The lowest BCUT2D eigenvalue weighted by molar-refractivity contribution is 0.0671. The van der Waals surface area contributed by atoms with Crippen LogP contribution in [0.1, 0.15) is 40.7 Å². The Balaban J connectivity index is 1.52. The molecule has 2 aromatic heterocycles. The molecule has 0 bridgehead atoms. The Bertz CT molecular complexity index is 1010. The van der Waals surface area contributed by atoms with E-state index >= 15 is 0 Å². The third kappa shape index (κ3) is 3.38. The van der Waals surface area contributed by atoms with E-state index in [1.165, 1.54) is 18.0 Å². The molecule has 0 radical (unpaired) electrons. The summed E-state index contributed by atoms with van der Waals surface area (Å²) < 4.78 is 2.11. The van der Waals surface area contributed by atoms with E-state index in [0.29, 0.717) is 13.1 Å². The summed E-state index contributed by atoms with van der Waals surface area (Å²) in [7, 11) is 0. The molecule has 0 saturated heterocycles. The number of hydrogen-bond donors (Lipinski definition) is 1. The number of rotatable bonds is 4. The molecular weight excluding hydrogens is 344 g/mol. The van der Waals surface area contributed by atoms with Crippen molar-refractivity contribution < 1.29 is 4.79 Å². The second-order valence-corrected chi connectivity index (χ2v) is 6.69. The first-order valence-electron chi connectivity index (χ1n) is 8.93. The van der Waals surface area contributed by atoms with E-state index in [2.05, 4.69) is 36.9 Å². The molecule has 4 rings (SSSR count). The fourth-order valence-corrected chi connectivity index (χ4v) is 3.49. The number of nitrogens with one attached hydrogen (secondary N) is 1. The molecule has 0 saturated carbocycles. The van der Waals surface area contributed by atoms with Gasteiger partial charge in [0.2, 0.25) is 0 Å². The Kier molecular flexibility index (Phi) is 4.53. The number of H-pyrrole nitrogens is 1. The van der Waals surface area contributed by atoms with E-state index in [9.17, 15) is 9.59 Å². The van der Waals surface area contributed by atoms with Gasteiger partial charge >= 0.3 is 0 Å². The lowest BCUT2D eigenvalue weighted by atomic mass is 10.1. The Hall–Kier alpha value is -3.29. The van der Waals surface area contributed by atoms with Crippen LogP contribution in [0.3, 0.4) is 0 Å². The minimum Gasteiger partial charge on any atom is -0.328 e. The number of hydrogen-bond acceptors (Lipinski definition) is 5. The molecule has 8 heteroatoms. The first-order chi connectivity index (χ1) is 13.1. The number of fused-ring (bicyclic) bond motifs is 1. The number of amides is 1. The largest absolute Gasteiger partial charge is 0.328 e. The zero-order valence-electron chi connectivity index (χ0n) is 15.0. The fourth-order valence-electron chi connectivity index (χ4n) is 3.49. The maximum atomic E-state index is 12.7. The van der Waals surface area contributed by atoms with Crippen LogP contribution in [0, 0.1) is 0 Å². The SMILES string of the molecule is C[C@H]1CN(C(=O)c2ncc[nH]c2=O)Cc2nnc(CCc3ccccc3)n21. The summed E-state index contributed by atoms with van der Waals surface area (Å²) in [6, 6.07) is 10.3. The standard InChI is InChI=1S/C19H20N6O2/c1-13-11-24(19(27)17-18(26)21-10-9-20-17)12-16-23-22-15(25(13)16)8-7-14-5-3-2-4-6-14/h2-6,9-10,13H,7-8,11-12H2,1H3,(H,21,26)/t13-/m0/s1. The van der Waals surface area contributed by atoms with Crippen molar-refractivity contribution >= 4 is 5.91 Å². The van der Waals surface area contributed by atoms with Gasteiger partial charge in [-0.3, -0.25) is 9.59 Å². The van der Waals surface area contributed by atoms with Gasteiger partial charge in [-0.05, 0) is 18.9 Å². The highest BCUT2D eigenvalue weighted by atomic mass is 16.2. The van der Waals surface area contributed by atoms with Crippen LogP contribution in [0.2, 0.25) is 0 Å². The molecule has 0 spiro atoms. The average Bonchev–Trinajstić information content (AvgIpc) is 3.10. The molecule has 0 aliphatic carbocycles. The van der Waals surface area contributed by atoms with Gasteiger partial charge in [-0.1, -0.05) is 30.3 Å². The number of aromatic nitrogens is 5. The van der Waals surface area contributed by atoms with E-state index in [1.807, 2.05) is 25.1 Å². The molecule has 8 nitrogen and oxygen atoms in total. The van der Waals surface area contributed by atoms with Gasteiger partial charge in [-0.15, -0.1) is 10.2 Å². The molecule has 0 fully saturated rings. The third-order valence-corrected chi connectivity index (χ3v) is 4.77. The first kappa shape index (κ1) is 17.1. The minimum absolute atomic E-state index is 0.0290. The van der Waals surface area contributed by atoms with Crippen LogP contribution in [0.5, 0.6) is 0 Å². The molecule has 3 aromatic rings. The van der Waals surface area contributed by atoms with Gasteiger partial charge in [0.15, 0.2) is 11.5 Å².